The van der Waals surface area contributed by atoms with Gasteiger partial charge in [0.1, 0.15) is 11.6 Å². The fraction of sp³-hybridized carbons (Fsp3) is 0.500. The summed E-state index contributed by atoms with van der Waals surface area (Å²) >= 11 is 0. The molecule has 1 aliphatic heterocycles. The molecule has 2 rings (SSSR count). The molecule has 0 amide bonds. The summed E-state index contributed by atoms with van der Waals surface area (Å²) in [4.78, 5) is 0. The molecule has 0 spiro atoms. The van der Waals surface area contributed by atoms with Gasteiger partial charge in [-0.1, -0.05) is 13.0 Å². The van der Waals surface area contributed by atoms with Crippen LogP contribution in [0.3, 0.4) is 0 Å². The van der Waals surface area contributed by atoms with Gasteiger partial charge in [-0.2, -0.15) is 0 Å². The zero-order valence-electron chi connectivity index (χ0n) is 9.62. The van der Waals surface area contributed by atoms with Crippen molar-refractivity contribution in [1.82, 2.24) is 5.43 Å². The highest BCUT2D eigenvalue weighted by Crippen LogP contribution is 2.32. The molecule has 1 aliphatic rings. The molecule has 3 nitrogen and oxygen atoms in total. The van der Waals surface area contributed by atoms with Gasteiger partial charge in [-0.15, -0.1) is 0 Å². The molecule has 0 aliphatic carbocycles. The van der Waals surface area contributed by atoms with E-state index in [2.05, 4.69) is 5.43 Å². The molecule has 0 saturated carbocycles. The van der Waals surface area contributed by atoms with Crippen LogP contribution in [-0.2, 0) is 4.74 Å². The summed E-state index contributed by atoms with van der Waals surface area (Å²) in [6.45, 7) is 2.68. The molecular weight excluding hydrogens is 226 g/mol. The Morgan fingerprint density at radius 2 is 2.24 bits per heavy atom. The van der Waals surface area contributed by atoms with Crippen LogP contribution in [0.1, 0.15) is 24.9 Å². The Hall–Kier alpha value is -1.04. The van der Waals surface area contributed by atoms with Gasteiger partial charge in [-0.25, -0.2) is 8.78 Å². The molecule has 94 valence electrons. The van der Waals surface area contributed by atoms with Gasteiger partial charge < -0.3 is 4.74 Å². The number of ether oxygens (including phenoxy) is 1. The van der Waals surface area contributed by atoms with Crippen LogP contribution in [0.2, 0.25) is 0 Å². The van der Waals surface area contributed by atoms with Crippen molar-refractivity contribution in [2.45, 2.75) is 25.5 Å². The normalized spacial score (nSPS) is 26.1. The van der Waals surface area contributed by atoms with Crippen LogP contribution in [0.5, 0.6) is 0 Å². The Kier molecular flexibility index (Phi) is 3.71. The van der Waals surface area contributed by atoms with E-state index >= 15 is 0 Å². The van der Waals surface area contributed by atoms with Gasteiger partial charge in [0.25, 0.3) is 0 Å². The summed E-state index contributed by atoms with van der Waals surface area (Å²) in [6, 6.07) is 3.04. The van der Waals surface area contributed by atoms with Crippen LogP contribution in [0.4, 0.5) is 8.78 Å². The highest BCUT2D eigenvalue weighted by atomic mass is 19.1. The third-order valence-corrected chi connectivity index (χ3v) is 3.25. The lowest BCUT2D eigenvalue weighted by Crippen LogP contribution is -2.39. The quantitative estimate of drug-likeness (QED) is 0.628. The van der Waals surface area contributed by atoms with Crippen molar-refractivity contribution in [3.8, 4) is 0 Å². The first kappa shape index (κ1) is 12.4. The third kappa shape index (κ3) is 2.46. The Balaban J connectivity index is 2.28. The third-order valence-electron chi connectivity index (χ3n) is 3.25. The first-order valence-electron chi connectivity index (χ1n) is 5.66. The Morgan fingerprint density at radius 3 is 2.76 bits per heavy atom. The molecule has 17 heavy (non-hydrogen) atoms. The summed E-state index contributed by atoms with van der Waals surface area (Å²) in [5, 5.41) is 0. The van der Waals surface area contributed by atoms with E-state index in [1.54, 1.807) is 0 Å². The second kappa shape index (κ2) is 5.08. The van der Waals surface area contributed by atoms with Crippen molar-refractivity contribution in [2.24, 2.45) is 11.8 Å². The molecule has 0 radical (unpaired) electrons. The second-order valence-corrected chi connectivity index (χ2v) is 4.41. The zero-order chi connectivity index (χ0) is 12.4. The van der Waals surface area contributed by atoms with E-state index in [-0.39, 0.29) is 6.10 Å². The van der Waals surface area contributed by atoms with Gasteiger partial charge in [0, 0.05) is 18.2 Å². The summed E-state index contributed by atoms with van der Waals surface area (Å²) in [5.74, 6) is 4.56. The van der Waals surface area contributed by atoms with Crippen molar-refractivity contribution < 1.29 is 13.5 Å². The van der Waals surface area contributed by atoms with Crippen LogP contribution in [-0.4, -0.2) is 12.7 Å². The maximum absolute atomic E-state index is 13.7. The molecule has 1 fully saturated rings. The van der Waals surface area contributed by atoms with Gasteiger partial charge in [-0.3, -0.25) is 11.3 Å². The number of rotatable bonds is 3. The summed E-state index contributed by atoms with van der Waals surface area (Å²) < 4.78 is 32.1. The van der Waals surface area contributed by atoms with Crippen molar-refractivity contribution >= 4 is 0 Å². The topological polar surface area (TPSA) is 47.3 Å². The second-order valence-electron chi connectivity index (χ2n) is 4.41. The lowest BCUT2D eigenvalue weighted by molar-refractivity contribution is 0.0596. The van der Waals surface area contributed by atoms with Gasteiger partial charge in [0.15, 0.2) is 0 Å². The number of hydrazine groups is 1. The summed E-state index contributed by atoms with van der Waals surface area (Å²) in [7, 11) is 0. The maximum Gasteiger partial charge on any atom is 0.131 e. The fourth-order valence-electron chi connectivity index (χ4n) is 2.26. The van der Waals surface area contributed by atoms with E-state index in [1.165, 1.54) is 12.1 Å². The van der Waals surface area contributed by atoms with E-state index in [0.717, 1.165) is 12.5 Å². The summed E-state index contributed by atoms with van der Waals surface area (Å²) in [6.07, 6.45) is 0.742. The number of benzene rings is 1. The van der Waals surface area contributed by atoms with Gasteiger partial charge >= 0.3 is 0 Å². The van der Waals surface area contributed by atoms with Crippen LogP contribution >= 0.6 is 0 Å². The molecule has 3 atom stereocenters. The molecule has 1 saturated heterocycles. The molecule has 3 unspecified atom stereocenters. The molecule has 1 aromatic rings. The molecule has 0 aromatic heterocycles. The van der Waals surface area contributed by atoms with Crippen LogP contribution in [0, 0.1) is 17.6 Å². The average molecular weight is 242 g/mol. The van der Waals surface area contributed by atoms with Crippen LogP contribution in [0.15, 0.2) is 18.2 Å². The van der Waals surface area contributed by atoms with E-state index in [9.17, 15) is 8.78 Å². The van der Waals surface area contributed by atoms with Crippen molar-refractivity contribution in [3.05, 3.63) is 35.4 Å². The Morgan fingerprint density at radius 1 is 1.47 bits per heavy atom. The lowest BCUT2D eigenvalue weighted by atomic mass is 9.92. The predicted octanol–water partition coefficient (Wildman–Crippen LogP) is 1.89. The highest BCUT2D eigenvalue weighted by Gasteiger charge is 2.33. The zero-order valence-corrected chi connectivity index (χ0v) is 9.62. The highest BCUT2D eigenvalue weighted by molar-refractivity contribution is 5.23. The van der Waals surface area contributed by atoms with Crippen molar-refractivity contribution in [3.63, 3.8) is 0 Å². The van der Waals surface area contributed by atoms with Crippen LogP contribution < -0.4 is 11.3 Å². The lowest BCUT2D eigenvalue weighted by Gasteiger charge is -2.26. The smallest absolute Gasteiger partial charge is 0.131 e. The number of nitrogens with one attached hydrogen (secondary N) is 1. The number of halogens is 2. The molecule has 1 heterocycles. The standard InChI is InChI=1S/C12H16F2N2O/c1-7-4-5-17-12(7)11(16-15)9-3-2-8(13)6-10(9)14/h2-3,6-7,11-12,16H,4-5,15H2,1H3. The average Bonchev–Trinajstić information content (AvgIpc) is 2.69. The largest absolute Gasteiger partial charge is 0.376 e. The first-order chi connectivity index (χ1) is 8.13. The SMILES string of the molecule is CC1CCOC1C(NN)c1ccc(F)cc1F. The number of hydrogen-bond donors (Lipinski definition) is 2. The van der Waals surface area contributed by atoms with Crippen LogP contribution in [0.25, 0.3) is 0 Å². The fourth-order valence-corrected chi connectivity index (χ4v) is 2.26. The van der Waals surface area contributed by atoms with Gasteiger partial charge in [0.05, 0.1) is 12.1 Å². The minimum absolute atomic E-state index is 0.181. The van der Waals surface area contributed by atoms with Gasteiger partial charge in [0.2, 0.25) is 0 Å². The number of hydrogen-bond acceptors (Lipinski definition) is 3. The molecular formula is C12H16F2N2O. The van der Waals surface area contributed by atoms with E-state index in [0.29, 0.717) is 18.1 Å². The van der Waals surface area contributed by atoms with Crippen molar-refractivity contribution in [1.29, 1.82) is 0 Å². The predicted molar refractivity (Wildman–Crippen MR) is 59.9 cm³/mol. The minimum atomic E-state index is -0.601. The van der Waals surface area contributed by atoms with Gasteiger partial charge in [-0.05, 0) is 18.4 Å². The molecule has 3 N–H and O–H groups in total. The van der Waals surface area contributed by atoms with E-state index < -0.39 is 17.7 Å². The van der Waals surface area contributed by atoms with E-state index in [4.69, 9.17) is 10.6 Å². The minimum Gasteiger partial charge on any atom is -0.376 e. The van der Waals surface area contributed by atoms with Crippen molar-refractivity contribution in [2.75, 3.05) is 6.61 Å². The maximum atomic E-state index is 13.7. The monoisotopic (exact) mass is 242 g/mol. The summed E-state index contributed by atoms with van der Waals surface area (Å²) in [5.41, 5.74) is 2.90. The Bertz CT molecular complexity index is 400. The molecule has 1 aromatic carbocycles. The molecule has 5 heteroatoms. The first-order valence-corrected chi connectivity index (χ1v) is 5.66. The Labute approximate surface area is 98.9 Å². The van der Waals surface area contributed by atoms with E-state index in [1.807, 2.05) is 6.92 Å². The molecule has 0 bridgehead atoms. The number of nitrogens with two attached hydrogens (primary N) is 1.